The van der Waals surface area contributed by atoms with Crippen LogP contribution in [-0.4, -0.2) is 59.3 Å². The number of hydrogen-bond acceptors (Lipinski definition) is 4. The number of aromatic nitrogens is 1. The molecule has 7 heteroatoms. The van der Waals surface area contributed by atoms with Crippen molar-refractivity contribution in [2.45, 2.75) is 12.5 Å². The minimum atomic E-state index is -1.01. The van der Waals surface area contributed by atoms with Gasteiger partial charge in [0.05, 0.1) is 25.0 Å². The first-order valence-corrected chi connectivity index (χ1v) is 6.20. The molecule has 20 heavy (non-hydrogen) atoms. The molecule has 0 spiro atoms. The van der Waals surface area contributed by atoms with Crippen LogP contribution in [0.25, 0.3) is 0 Å². The molecule has 1 aromatic heterocycles. The van der Waals surface area contributed by atoms with E-state index in [4.69, 9.17) is 9.84 Å². The molecule has 7 nitrogen and oxygen atoms in total. The van der Waals surface area contributed by atoms with Gasteiger partial charge in [0, 0.05) is 13.2 Å². The molecule has 0 saturated carbocycles. The predicted molar refractivity (Wildman–Crippen MR) is 71.6 cm³/mol. The van der Waals surface area contributed by atoms with Crippen molar-refractivity contribution in [2.24, 2.45) is 0 Å². The second-order valence-electron chi connectivity index (χ2n) is 5.04. The number of nitrogens with zero attached hydrogens (tertiary/aromatic N) is 3. The highest BCUT2D eigenvalue weighted by molar-refractivity contribution is 5.91. The number of ether oxygens (including phenoxy) is 1. The summed E-state index contributed by atoms with van der Waals surface area (Å²) in [5.41, 5.74) is 0.127. The summed E-state index contributed by atoms with van der Waals surface area (Å²) in [5, 5.41) is 8.59. The van der Waals surface area contributed by atoms with Crippen LogP contribution in [0.2, 0.25) is 0 Å². The maximum atomic E-state index is 12.2. The molecule has 2 rings (SSSR count). The summed E-state index contributed by atoms with van der Waals surface area (Å²) >= 11 is 0. The zero-order valence-corrected chi connectivity index (χ0v) is 11.4. The molecule has 2 heterocycles. The molecule has 1 saturated heterocycles. The van der Waals surface area contributed by atoms with Crippen molar-refractivity contribution < 1.29 is 19.4 Å². The molecule has 2 amide bonds. The van der Waals surface area contributed by atoms with Gasteiger partial charge in [-0.2, -0.15) is 0 Å². The van der Waals surface area contributed by atoms with Crippen LogP contribution < -0.4 is 4.90 Å². The summed E-state index contributed by atoms with van der Waals surface area (Å²) in [6, 6.07) is 3.40. The molecule has 0 aliphatic carbocycles. The van der Waals surface area contributed by atoms with Gasteiger partial charge in [0.25, 0.3) is 0 Å². The zero-order chi connectivity index (χ0) is 14.8. The monoisotopic (exact) mass is 279 g/mol. The zero-order valence-electron chi connectivity index (χ0n) is 11.4. The fraction of sp³-hybridized carbons (Fsp3) is 0.462. The van der Waals surface area contributed by atoms with Crippen molar-refractivity contribution >= 4 is 17.7 Å². The SMILES string of the molecule is CN(C(=O)N1CC(C)(OCC(=O)O)C1)c1cccnc1. The van der Waals surface area contributed by atoms with Crippen LogP contribution in [0, 0.1) is 0 Å². The maximum Gasteiger partial charge on any atom is 0.329 e. The van der Waals surface area contributed by atoms with E-state index in [1.165, 1.54) is 4.90 Å². The van der Waals surface area contributed by atoms with Crippen molar-refractivity contribution in [1.29, 1.82) is 0 Å². The Labute approximate surface area is 116 Å². The van der Waals surface area contributed by atoms with Crippen molar-refractivity contribution in [3.8, 4) is 0 Å². The summed E-state index contributed by atoms with van der Waals surface area (Å²) in [6.07, 6.45) is 3.25. The maximum absolute atomic E-state index is 12.2. The Morgan fingerprint density at radius 2 is 2.25 bits per heavy atom. The fourth-order valence-electron chi connectivity index (χ4n) is 2.10. The van der Waals surface area contributed by atoms with Gasteiger partial charge in [-0.05, 0) is 19.1 Å². The van der Waals surface area contributed by atoms with E-state index in [0.29, 0.717) is 18.8 Å². The number of carboxylic acid groups (broad SMARTS) is 1. The molecule has 1 aliphatic heterocycles. The van der Waals surface area contributed by atoms with Crippen LogP contribution in [0.1, 0.15) is 6.92 Å². The van der Waals surface area contributed by atoms with Gasteiger partial charge in [0.2, 0.25) is 0 Å². The lowest BCUT2D eigenvalue weighted by Gasteiger charge is -2.48. The molecule has 0 radical (unpaired) electrons. The summed E-state index contributed by atoms with van der Waals surface area (Å²) in [6.45, 7) is 2.20. The predicted octanol–water partition coefficient (Wildman–Crippen LogP) is 0.813. The first kappa shape index (κ1) is 14.3. The topological polar surface area (TPSA) is 83.0 Å². The van der Waals surface area contributed by atoms with Crippen LogP contribution in [0.5, 0.6) is 0 Å². The van der Waals surface area contributed by atoms with E-state index in [0.717, 1.165) is 0 Å². The van der Waals surface area contributed by atoms with Crippen molar-refractivity contribution in [3.05, 3.63) is 24.5 Å². The van der Waals surface area contributed by atoms with Gasteiger partial charge < -0.3 is 14.7 Å². The third-order valence-corrected chi connectivity index (χ3v) is 3.19. The second kappa shape index (κ2) is 5.46. The van der Waals surface area contributed by atoms with Gasteiger partial charge in [0.1, 0.15) is 12.2 Å². The van der Waals surface area contributed by atoms with Crippen LogP contribution in [0.3, 0.4) is 0 Å². The van der Waals surface area contributed by atoms with Gasteiger partial charge in [-0.25, -0.2) is 9.59 Å². The summed E-state index contributed by atoms with van der Waals surface area (Å²) in [5.74, 6) is -1.01. The quantitative estimate of drug-likeness (QED) is 0.882. The molecule has 0 bridgehead atoms. The number of carboxylic acids is 1. The average Bonchev–Trinajstić information content (AvgIpc) is 2.41. The van der Waals surface area contributed by atoms with Crippen molar-refractivity contribution in [2.75, 3.05) is 31.6 Å². The molecule has 1 aliphatic rings. The highest BCUT2D eigenvalue weighted by Gasteiger charge is 2.43. The molecular formula is C13H17N3O4. The first-order valence-electron chi connectivity index (χ1n) is 6.20. The van der Waals surface area contributed by atoms with E-state index in [9.17, 15) is 9.59 Å². The van der Waals surface area contributed by atoms with Gasteiger partial charge in [-0.3, -0.25) is 9.88 Å². The molecule has 0 atom stereocenters. The first-order chi connectivity index (χ1) is 9.41. The van der Waals surface area contributed by atoms with Gasteiger partial charge >= 0.3 is 12.0 Å². The lowest BCUT2D eigenvalue weighted by molar-refractivity contribution is -0.159. The van der Waals surface area contributed by atoms with Crippen LogP contribution in [0.15, 0.2) is 24.5 Å². The number of carbonyl (C=O) groups is 2. The number of carbonyl (C=O) groups excluding carboxylic acids is 1. The normalized spacial score (nSPS) is 16.4. The average molecular weight is 279 g/mol. The molecule has 0 aromatic carbocycles. The van der Waals surface area contributed by atoms with E-state index < -0.39 is 11.6 Å². The lowest BCUT2D eigenvalue weighted by atomic mass is 9.97. The highest BCUT2D eigenvalue weighted by Crippen LogP contribution is 2.26. The number of rotatable bonds is 4. The Morgan fingerprint density at radius 3 is 2.80 bits per heavy atom. The van der Waals surface area contributed by atoms with E-state index in [2.05, 4.69) is 4.98 Å². The molecule has 108 valence electrons. The largest absolute Gasteiger partial charge is 0.480 e. The molecule has 1 aromatic rings. The smallest absolute Gasteiger partial charge is 0.329 e. The highest BCUT2D eigenvalue weighted by atomic mass is 16.5. The molecule has 0 unspecified atom stereocenters. The Morgan fingerprint density at radius 1 is 1.55 bits per heavy atom. The number of pyridine rings is 1. The summed E-state index contributed by atoms with van der Waals surface area (Å²) in [7, 11) is 1.67. The van der Waals surface area contributed by atoms with Crippen LogP contribution >= 0.6 is 0 Å². The minimum Gasteiger partial charge on any atom is -0.480 e. The van der Waals surface area contributed by atoms with Crippen molar-refractivity contribution in [3.63, 3.8) is 0 Å². The Kier molecular flexibility index (Phi) is 3.89. The lowest BCUT2D eigenvalue weighted by Crippen LogP contribution is -2.65. The van der Waals surface area contributed by atoms with Crippen LogP contribution in [0.4, 0.5) is 10.5 Å². The Hall–Kier alpha value is -2.15. The number of anilines is 1. The Bertz CT molecular complexity index is 500. The third kappa shape index (κ3) is 3.05. The molecule has 1 fully saturated rings. The molecular weight excluding hydrogens is 262 g/mol. The van der Waals surface area contributed by atoms with E-state index in [1.807, 2.05) is 0 Å². The Balaban J connectivity index is 1.89. The summed E-state index contributed by atoms with van der Waals surface area (Å²) < 4.78 is 5.27. The van der Waals surface area contributed by atoms with Crippen molar-refractivity contribution in [1.82, 2.24) is 9.88 Å². The number of urea groups is 1. The minimum absolute atomic E-state index is 0.158. The van der Waals surface area contributed by atoms with Gasteiger partial charge in [-0.1, -0.05) is 0 Å². The third-order valence-electron chi connectivity index (χ3n) is 3.19. The standard InChI is InChI=1S/C13H17N3O4/c1-13(20-7-11(17)18)8-16(9-13)12(19)15(2)10-4-3-5-14-6-10/h3-6H,7-9H2,1-2H3,(H,17,18). The number of hydrogen-bond donors (Lipinski definition) is 1. The number of aliphatic carboxylic acids is 1. The van der Waals surface area contributed by atoms with Gasteiger partial charge in [-0.15, -0.1) is 0 Å². The molecule has 1 N–H and O–H groups in total. The van der Waals surface area contributed by atoms with E-state index in [-0.39, 0.29) is 12.6 Å². The van der Waals surface area contributed by atoms with E-state index in [1.54, 1.807) is 43.4 Å². The number of amides is 2. The van der Waals surface area contributed by atoms with E-state index >= 15 is 0 Å². The number of likely N-dealkylation sites (tertiary alicyclic amines) is 1. The van der Waals surface area contributed by atoms with Gasteiger partial charge in [0.15, 0.2) is 0 Å². The summed E-state index contributed by atoms with van der Waals surface area (Å²) in [4.78, 5) is 29.8. The second-order valence-corrected chi connectivity index (χ2v) is 5.04. The fourth-order valence-corrected chi connectivity index (χ4v) is 2.10. The van der Waals surface area contributed by atoms with Crippen LogP contribution in [-0.2, 0) is 9.53 Å².